The zero-order valence-electron chi connectivity index (χ0n) is 9.69. The van der Waals surface area contributed by atoms with Crippen LogP contribution >= 0.6 is 0 Å². The lowest BCUT2D eigenvalue weighted by Gasteiger charge is -2.14. The number of carbonyl (C=O) groups excluding carboxylic acids is 1. The van der Waals surface area contributed by atoms with E-state index in [0.717, 1.165) is 6.42 Å². The van der Waals surface area contributed by atoms with E-state index < -0.39 is 6.10 Å². The molecule has 1 rings (SSSR count). The topological polar surface area (TPSA) is 58.6 Å². The molecule has 3 unspecified atom stereocenters. The summed E-state index contributed by atoms with van der Waals surface area (Å²) in [5, 5.41) is 12.2. The Labute approximate surface area is 91.0 Å². The number of carbonyl (C=O) groups is 1. The van der Waals surface area contributed by atoms with E-state index >= 15 is 0 Å². The molecule has 0 heterocycles. The van der Waals surface area contributed by atoms with E-state index in [4.69, 9.17) is 4.74 Å². The van der Waals surface area contributed by atoms with E-state index in [1.807, 2.05) is 20.8 Å². The van der Waals surface area contributed by atoms with Gasteiger partial charge in [0.05, 0.1) is 18.1 Å². The third kappa shape index (κ3) is 3.80. The van der Waals surface area contributed by atoms with Crippen LogP contribution in [0.5, 0.6) is 0 Å². The molecule has 0 radical (unpaired) electrons. The Morgan fingerprint density at radius 1 is 1.60 bits per heavy atom. The molecule has 0 aliphatic heterocycles. The fraction of sp³-hybridized carbons (Fsp3) is 0.909. The molecule has 15 heavy (non-hydrogen) atoms. The molecule has 1 saturated carbocycles. The highest BCUT2D eigenvalue weighted by atomic mass is 16.5. The maximum atomic E-state index is 11.5. The summed E-state index contributed by atoms with van der Waals surface area (Å²) in [7, 11) is 0. The van der Waals surface area contributed by atoms with Crippen LogP contribution in [0.2, 0.25) is 0 Å². The van der Waals surface area contributed by atoms with Crippen LogP contribution in [-0.2, 0) is 9.53 Å². The second-order valence-electron chi connectivity index (χ2n) is 4.39. The summed E-state index contributed by atoms with van der Waals surface area (Å²) in [6.45, 7) is 6.78. The van der Waals surface area contributed by atoms with E-state index in [1.54, 1.807) is 0 Å². The molecule has 0 aromatic carbocycles. The second kappa shape index (κ2) is 5.47. The zero-order chi connectivity index (χ0) is 11.4. The molecule has 0 bridgehead atoms. The fourth-order valence-electron chi connectivity index (χ4n) is 1.42. The van der Waals surface area contributed by atoms with Crippen LogP contribution in [0.25, 0.3) is 0 Å². The molecule has 1 aliphatic carbocycles. The first-order valence-corrected chi connectivity index (χ1v) is 5.63. The van der Waals surface area contributed by atoms with Gasteiger partial charge in [0.25, 0.3) is 0 Å². The van der Waals surface area contributed by atoms with Crippen molar-refractivity contribution >= 4 is 5.91 Å². The summed E-state index contributed by atoms with van der Waals surface area (Å²) in [6, 6.07) is 0. The van der Waals surface area contributed by atoms with E-state index in [2.05, 4.69) is 5.32 Å². The van der Waals surface area contributed by atoms with E-state index in [-0.39, 0.29) is 23.8 Å². The van der Waals surface area contributed by atoms with Gasteiger partial charge in [-0.05, 0) is 19.3 Å². The van der Waals surface area contributed by atoms with E-state index in [1.165, 1.54) is 0 Å². The fourth-order valence-corrected chi connectivity index (χ4v) is 1.42. The summed E-state index contributed by atoms with van der Waals surface area (Å²) >= 11 is 0. The van der Waals surface area contributed by atoms with Crippen LogP contribution in [0.1, 0.15) is 27.2 Å². The molecule has 3 atom stereocenters. The smallest absolute Gasteiger partial charge is 0.225 e. The van der Waals surface area contributed by atoms with Gasteiger partial charge in [-0.25, -0.2) is 0 Å². The first kappa shape index (κ1) is 12.5. The van der Waals surface area contributed by atoms with Gasteiger partial charge in [-0.15, -0.1) is 0 Å². The largest absolute Gasteiger partial charge is 0.391 e. The van der Waals surface area contributed by atoms with Crippen LogP contribution in [0.4, 0.5) is 0 Å². The first-order chi connectivity index (χ1) is 7.06. The molecule has 1 aliphatic rings. The van der Waals surface area contributed by atoms with Crippen molar-refractivity contribution in [1.82, 2.24) is 5.32 Å². The number of aliphatic hydroxyl groups is 1. The third-order valence-electron chi connectivity index (χ3n) is 2.70. The maximum absolute atomic E-state index is 11.5. The second-order valence-corrected chi connectivity index (χ2v) is 4.39. The van der Waals surface area contributed by atoms with Crippen molar-refractivity contribution < 1.29 is 14.6 Å². The van der Waals surface area contributed by atoms with Gasteiger partial charge in [0.1, 0.15) is 0 Å². The van der Waals surface area contributed by atoms with Crippen molar-refractivity contribution in [3.05, 3.63) is 0 Å². The van der Waals surface area contributed by atoms with Crippen molar-refractivity contribution in [1.29, 1.82) is 0 Å². The summed E-state index contributed by atoms with van der Waals surface area (Å²) in [5.41, 5.74) is 0. The molecule has 0 aromatic heterocycles. The van der Waals surface area contributed by atoms with E-state index in [0.29, 0.717) is 13.2 Å². The van der Waals surface area contributed by atoms with Gasteiger partial charge in [0, 0.05) is 13.2 Å². The molecule has 1 amide bonds. The van der Waals surface area contributed by atoms with Gasteiger partial charge in [-0.1, -0.05) is 13.8 Å². The molecule has 0 spiro atoms. The van der Waals surface area contributed by atoms with Gasteiger partial charge >= 0.3 is 0 Å². The zero-order valence-corrected chi connectivity index (χ0v) is 9.69. The minimum atomic E-state index is -0.460. The summed E-state index contributed by atoms with van der Waals surface area (Å²) in [4.78, 5) is 11.5. The van der Waals surface area contributed by atoms with Crippen LogP contribution < -0.4 is 5.32 Å². The SMILES string of the molecule is CCOC1CC1C(=O)NCC(O)C(C)C. The quantitative estimate of drug-likeness (QED) is 0.680. The Morgan fingerprint density at radius 2 is 2.27 bits per heavy atom. The van der Waals surface area contributed by atoms with Crippen molar-refractivity contribution in [2.45, 2.75) is 39.4 Å². The highest BCUT2D eigenvalue weighted by molar-refractivity contribution is 5.82. The van der Waals surface area contributed by atoms with Gasteiger partial charge in [-0.2, -0.15) is 0 Å². The lowest BCUT2D eigenvalue weighted by molar-refractivity contribution is -0.123. The maximum Gasteiger partial charge on any atom is 0.225 e. The molecule has 2 N–H and O–H groups in total. The molecule has 0 saturated heterocycles. The Balaban J connectivity index is 2.15. The highest BCUT2D eigenvalue weighted by Gasteiger charge is 2.43. The van der Waals surface area contributed by atoms with Gasteiger partial charge in [0.2, 0.25) is 5.91 Å². The third-order valence-corrected chi connectivity index (χ3v) is 2.70. The van der Waals surface area contributed by atoms with Crippen molar-refractivity contribution in [2.24, 2.45) is 11.8 Å². The summed E-state index contributed by atoms with van der Waals surface area (Å²) in [6.07, 6.45) is 0.460. The average Bonchev–Trinajstić information content (AvgIpc) is 2.93. The monoisotopic (exact) mass is 215 g/mol. The molecular weight excluding hydrogens is 194 g/mol. The average molecular weight is 215 g/mol. The van der Waals surface area contributed by atoms with Gasteiger partial charge in [-0.3, -0.25) is 4.79 Å². The molecule has 88 valence electrons. The van der Waals surface area contributed by atoms with Crippen LogP contribution in [0, 0.1) is 11.8 Å². The van der Waals surface area contributed by atoms with Crippen LogP contribution in [0.3, 0.4) is 0 Å². The number of amides is 1. The molecule has 0 aromatic rings. The lowest BCUT2D eigenvalue weighted by Crippen LogP contribution is -2.36. The Morgan fingerprint density at radius 3 is 2.80 bits per heavy atom. The first-order valence-electron chi connectivity index (χ1n) is 5.63. The molecule has 4 heteroatoms. The molecule has 1 fully saturated rings. The van der Waals surface area contributed by atoms with Crippen molar-refractivity contribution in [2.75, 3.05) is 13.2 Å². The predicted molar refractivity (Wildman–Crippen MR) is 57.4 cm³/mol. The van der Waals surface area contributed by atoms with Crippen molar-refractivity contribution in [3.63, 3.8) is 0 Å². The number of aliphatic hydroxyl groups excluding tert-OH is 1. The van der Waals surface area contributed by atoms with Gasteiger partial charge < -0.3 is 15.2 Å². The Kier molecular flexibility index (Phi) is 4.54. The highest BCUT2D eigenvalue weighted by Crippen LogP contribution is 2.33. The molecular formula is C11H21NO3. The number of nitrogens with one attached hydrogen (secondary N) is 1. The van der Waals surface area contributed by atoms with Crippen molar-refractivity contribution in [3.8, 4) is 0 Å². The Hall–Kier alpha value is -0.610. The number of hydrogen-bond acceptors (Lipinski definition) is 3. The minimum absolute atomic E-state index is 0.00399. The van der Waals surface area contributed by atoms with Crippen LogP contribution in [-0.4, -0.2) is 36.4 Å². The number of hydrogen-bond donors (Lipinski definition) is 2. The molecule has 4 nitrogen and oxygen atoms in total. The minimum Gasteiger partial charge on any atom is -0.391 e. The number of rotatable bonds is 6. The van der Waals surface area contributed by atoms with Gasteiger partial charge in [0.15, 0.2) is 0 Å². The summed E-state index contributed by atoms with van der Waals surface area (Å²) < 4.78 is 5.32. The van der Waals surface area contributed by atoms with Crippen LogP contribution in [0.15, 0.2) is 0 Å². The predicted octanol–water partition coefficient (Wildman–Crippen LogP) is 0.544. The van der Waals surface area contributed by atoms with E-state index in [9.17, 15) is 9.90 Å². The lowest BCUT2D eigenvalue weighted by atomic mass is 10.1. The number of ether oxygens (including phenoxy) is 1. The summed E-state index contributed by atoms with van der Waals surface area (Å²) in [5.74, 6) is 0.185. The Bertz CT molecular complexity index is 218. The normalized spacial score (nSPS) is 26.5. The standard InChI is InChI=1S/C11H21NO3/c1-4-15-10-5-8(10)11(14)12-6-9(13)7(2)3/h7-10,13H,4-6H2,1-3H3,(H,12,14).